The Labute approximate surface area is 108 Å². The predicted octanol–water partition coefficient (Wildman–Crippen LogP) is 2.45. The highest BCUT2D eigenvalue weighted by Crippen LogP contribution is 2.30. The van der Waals surface area contributed by atoms with Gasteiger partial charge in [-0.15, -0.1) is 5.10 Å². The average Bonchev–Trinajstić information content (AvgIpc) is 2.78. The summed E-state index contributed by atoms with van der Waals surface area (Å²) in [6.07, 6.45) is 3.47. The minimum atomic E-state index is 0.213. The molecule has 3 aromatic heterocycles. The number of hydrogen-bond donors (Lipinski definition) is 0. The van der Waals surface area contributed by atoms with Gasteiger partial charge in [-0.05, 0) is 35.9 Å². The van der Waals surface area contributed by atoms with Crippen molar-refractivity contribution in [1.29, 1.82) is 0 Å². The van der Waals surface area contributed by atoms with Crippen LogP contribution in [-0.2, 0) is 0 Å². The van der Waals surface area contributed by atoms with Gasteiger partial charge in [-0.25, -0.2) is 9.50 Å². The van der Waals surface area contributed by atoms with Crippen molar-refractivity contribution >= 4 is 17.2 Å². The third kappa shape index (κ3) is 1.69. The second-order valence-corrected chi connectivity index (χ2v) is 3.97. The largest absolute Gasteiger partial charge is 0.481 e. The second kappa shape index (κ2) is 4.27. The first-order chi connectivity index (χ1) is 8.79. The van der Waals surface area contributed by atoms with E-state index in [1.807, 2.05) is 24.3 Å². The van der Waals surface area contributed by atoms with Crippen molar-refractivity contribution in [1.82, 2.24) is 19.6 Å². The molecule has 0 amide bonds. The van der Waals surface area contributed by atoms with Crippen LogP contribution in [0.2, 0.25) is 5.28 Å². The molecular weight excluding hydrogens is 252 g/mol. The summed E-state index contributed by atoms with van der Waals surface area (Å²) < 4.78 is 6.88. The van der Waals surface area contributed by atoms with Crippen molar-refractivity contribution in [3.05, 3.63) is 41.9 Å². The standard InChI is InChI=1S/C12H9ClN4O/c1-18-11-9(4-2-6-14-11)8-5-3-7-17-10(8)15-12(13)16-17/h2-7H,1H3. The number of fused-ring (bicyclic) bond motifs is 1. The zero-order valence-electron chi connectivity index (χ0n) is 9.54. The summed E-state index contributed by atoms with van der Waals surface area (Å²) in [5, 5.41) is 4.28. The third-order valence-corrected chi connectivity index (χ3v) is 2.75. The molecule has 0 fully saturated rings. The summed E-state index contributed by atoms with van der Waals surface area (Å²) in [6.45, 7) is 0. The Bertz CT molecular complexity index is 710. The van der Waals surface area contributed by atoms with Crippen LogP contribution in [0.3, 0.4) is 0 Å². The average molecular weight is 261 g/mol. The van der Waals surface area contributed by atoms with Crippen LogP contribution in [0.25, 0.3) is 16.8 Å². The molecule has 5 nitrogen and oxygen atoms in total. The number of methoxy groups -OCH3 is 1. The van der Waals surface area contributed by atoms with Gasteiger partial charge in [0.15, 0.2) is 5.65 Å². The molecule has 90 valence electrons. The number of pyridine rings is 2. The first kappa shape index (κ1) is 11.0. The number of ether oxygens (including phenoxy) is 1. The quantitative estimate of drug-likeness (QED) is 0.710. The Hall–Kier alpha value is -2.14. The molecule has 0 aliphatic heterocycles. The maximum Gasteiger partial charge on any atom is 0.243 e. The van der Waals surface area contributed by atoms with Crippen molar-refractivity contribution < 1.29 is 4.74 Å². The van der Waals surface area contributed by atoms with Crippen LogP contribution in [-0.4, -0.2) is 26.7 Å². The number of aromatic nitrogens is 4. The van der Waals surface area contributed by atoms with Crippen LogP contribution >= 0.6 is 11.6 Å². The van der Waals surface area contributed by atoms with Crippen molar-refractivity contribution in [2.24, 2.45) is 0 Å². The highest BCUT2D eigenvalue weighted by molar-refractivity contribution is 6.28. The number of nitrogens with zero attached hydrogens (tertiary/aromatic N) is 4. The van der Waals surface area contributed by atoms with Crippen molar-refractivity contribution in [3.8, 4) is 17.0 Å². The van der Waals surface area contributed by atoms with Crippen LogP contribution in [0.5, 0.6) is 5.88 Å². The van der Waals surface area contributed by atoms with Crippen LogP contribution in [0.1, 0.15) is 0 Å². The molecule has 18 heavy (non-hydrogen) atoms. The fourth-order valence-corrected chi connectivity index (χ4v) is 2.01. The summed E-state index contributed by atoms with van der Waals surface area (Å²) in [6, 6.07) is 7.57. The lowest BCUT2D eigenvalue weighted by Crippen LogP contribution is -1.94. The van der Waals surface area contributed by atoms with Crippen LogP contribution in [0.15, 0.2) is 36.7 Å². The van der Waals surface area contributed by atoms with Crippen LogP contribution in [0.4, 0.5) is 0 Å². The first-order valence-corrected chi connectivity index (χ1v) is 5.67. The van der Waals surface area contributed by atoms with Gasteiger partial charge in [-0.2, -0.15) is 4.98 Å². The molecule has 3 aromatic rings. The molecule has 0 aromatic carbocycles. The highest BCUT2D eigenvalue weighted by atomic mass is 35.5. The van der Waals surface area contributed by atoms with Crippen LogP contribution in [0, 0.1) is 0 Å². The van der Waals surface area contributed by atoms with Gasteiger partial charge in [-0.1, -0.05) is 0 Å². The molecule has 0 radical (unpaired) electrons. The lowest BCUT2D eigenvalue weighted by atomic mass is 10.1. The fourth-order valence-electron chi connectivity index (χ4n) is 1.85. The Balaban J connectivity index is 2.31. The minimum Gasteiger partial charge on any atom is -0.481 e. The maximum atomic E-state index is 5.83. The molecule has 0 unspecified atom stereocenters. The Morgan fingerprint density at radius 2 is 2.06 bits per heavy atom. The lowest BCUT2D eigenvalue weighted by Gasteiger charge is -2.07. The van der Waals surface area contributed by atoms with E-state index in [-0.39, 0.29) is 5.28 Å². The predicted molar refractivity (Wildman–Crippen MR) is 67.8 cm³/mol. The number of halogens is 1. The summed E-state index contributed by atoms with van der Waals surface area (Å²) in [7, 11) is 1.59. The molecule has 0 saturated carbocycles. The topological polar surface area (TPSA) is 52.3 Å². The second-order valence-electron chi connectivity index (χ2n) is 3.63. The molecule has 0 spiro atoms. The molecule has 3 rings (SSSR count). The monoisotopic (exact) mass is 260 g/mol. The van der Waals surface area contributed by atoms with E-state index in [9.17, 15) is 0 Å². The summed E-state index contributed by atoms with van der Waals surface area (Å²) in [4.78, 5) is 8.37. The van der Waals surface area contributed by atoms with Crippen molar-refractivity contribution in [3.63, 3.8) is 0 Å². The van der Waals surface area contributed by atoms with E-state index in [1.54, 1.807) is 24.0 Å². The zero-order chi connectivity index (χ0) is 12.5. The molecule has 0 aliphatic rings. The van der Waals surface area contributed by atoms with E-state index in [0.717, 1.165) is 11.1 Å². The normalized spacial score (nSPS) is 10.8. The SMILES string of the molecule is COc1ncccc1-c1cccn2nc(Cl)nc12. The van der Waals surface area contributed by atoms with Crippen molar-refractivity contribution in [2.75, 3.05) is 7.11 Å². The lowest BCUT2D eigenvalue weighted by molar-refractivity contribution is 0.399. The van der Waals surface area contributed by atoms with Gasteiger partial charge in [-0.3, -0.25) is 0 Å². The number of hydrogen-bond acceptors (Lipinski definition) is 4. The summed E-state index contributed by atoms with van der Waals surface area (Å²) >= 11 is 5.83. The molecule has 0 aliphatic carbocycles. The maximum absolute atomic E-state index is 5.83. The molecule has 6 heteroatoms. The van der Waals surface area contributed by atoms with Gasteiger partial charge in [0.1, 0.15) is 0 Å². The minimum absolute atomic E-state index is 0.213. The van der Waals surface area contributed by atoms with E-state index in [1.165, 1.54) is 0 Å². The van der Waals surface area contributed by atoms with Gasteiger partial charge >= 0.3 is 0 Å². The third-order valence-electron chi connectivity index (χ3n) is 2.59. The van der Waals surface area contributed by atoms with E-state index in [0.29, 0.717) is 11.5 Å². The number of rotatable bonds is 2. The van der Waals surface area contributed by atoms with Crippen LogP contribution < -0.4 is 4.74 Å². The Morgan fingerprint density at radius 3 is 2.89 bits per heavy atom. The molecule has 0 saturated heterocycles. The first-order valence-electron chi connectivity index (χ1n) is 5.30. The summed E-state index contributed by atoms with van der Waals surface area (Å²) in [5.41, 5.74) is 2.41. The van der Waals surface area contributed by atoms with E-state index < -0.39 is 0 Å². The van der Waals surface area contributed by atoms with Gasteiger partial charge < -0.3 is 4.74 Å². The Morgan fingerprint density at radius 1 is 1.22 bits per heavy atom. The Kier molecular flexibility index (Phi) is 2.60. The smallest absolute Gasteiger partial charge is 0.243 e. The van der Waals surface area contributed by atoms with Gasteiger partial charge in [0, 0.05) is 23.5 Å². The van der Waals surface area contributed by atoms with Crippen molar-refractivity contribution in [2.45, 2.75) is 0 Å². The van der Waals surface area contributed by atoms with E-state index in [4.69, 9.17) is 16.3 Å². The van der Waals surface area contributed by atoms with E-state index >= 15 is 0 Å². The van der Waals surface area contributed by atoms with Gasteiger partial charge in [0.05, 0.1) is 7.11 Å². The molecule has 0 atom stereocenters. The highest BCUT2D eigenvalue weighted by Gasteiger charge is 2.12. The molecule has 3 heterocycles. The van der Waals surface area contributed by atoms with Gasteiger partial charge in [0.25, 0.3) is 0 Å². The van der Waals surface area contributed by atoms with E-state index in [2.05, 4.69) is 15.1 Å². The van der Waals surface area contributed by atoms with Gasteiger partial charge in [0.2, 0.25) is 11.2 Å². The zero-order valence-corrected chi connectivity index (χ0v) is 10.3. The molecule has 0 N–H and O–H groups in total. The molecule has 0 bridgehead atoms. The fraction of sp³-hybridized carbons (Fsp3) is 0.0833. The molecular formula is C12H9ClN4O. The summed E-state index contributed by atoms with van der Waals surface area (Å²) in [5.74, 6) is 0.546.